The third-order valence-corrected chi connectivity index (χ3v) is 4.70. The van der Waals surface area contributed by atoms with Gasteiger partial charge in [-0.1, -0.05) is 43.3 Å². The molecule has 25 heavy (non-hydrogen) atoms. The minimum absolute atomic E-state index is 0.296. The number of amides is 1. The Balaban J connectivity index is 1.90. The summed E-state index contributed by atoms with van der Waals surface area (Å²) in [6.07, 6.45) is 6.03. The number of hydrogen-bond acceptors (Lipinski definition) is 7. The first kappa shape index (κ1) is 20.0. The van der Waals surface area contributed by atoms with Crippen LogP contribution in [0.2, 0.25) is 0 Å². The highest BCUT2D eigenvalue weighted by Gasteiger charge is 2.25. The normalized spacial score (nSPS) is 15.8. The molecule has 1 aliphatic rings. The van der Waals surface area contributed by atoms with Crippen LogP contribution in [0.15, 0.2) is 4.52 Å². The standard InChI is InChI=1S/C17H30N4O3S/c1-5-6-7-8-13(19-16(22)23-17(2,3)4)15-20-14(24-21-15)11-18-25-12-9-10-12/h12-13,18H,5-11H2,1-4H3,(H,19,22). The Morgan fingerprint density at radius 1 is 1.40 bits per heavy atom. The molecule has 1 amide bonds. The molecule has 0 saturated heterocycles. The number of nitrogens with zero attached hydrogens (tertiary/aromatic N) is 2. The summed E-state index contributed by atoms with van der Waals surface area (Å²) in [5, 5.41) is 7.65. The zero-order valence-corrected chi connectivity index (χ0v) is 16.4. The Hall–Kier alpha value is -1.28. The second-order valence-corrected chi connectivity index (χ2v) is 8.57. The van der Waals surface area contributed by atoms with Gasteiger partial charge in [0.1, 0.15) is 5.60 Å². The van der Waals surface area contributed by atoms with Crippen molar-refractivity contribution >= 4 is 18.0 Å². The Labute approximate surface area is 154 Å². The third-order valence-electron chi connectivity index (χ3n) is 3.58. The molecule has 0 aromatic carbocycles. The monoisotopic (exact) mass is 370 g/mol. The number of alkyl carbamates (subject to hydrolysis) is 1. The summed E-state index contributed by atoms with van der Waals surface area (Å²) in [6.45, 7) is 8.20. The van der Waals surface area contributed by atoms with Crippen LogP contribution in [0.4, 0.5) is 4.79 Å². The molecule has 1 fully saturated rings. The predicted molar refractivity (Wildman–Crippen MR) is 98.0 cm³/mol. The van der Waals surface area contributed by atoms with Crippen molar-refractivity contribution in [2.24, 2.45) is 0 Å². The number of rotatable bonds is 10. The average molecular weight is 371 g/mol. The Morgan fingerprint density at radius 3 is 2.80 bits per heavy atom. The first-order valence-electron chi connectivity index (χ1n) is 9.08. The van der Waals surface area contributed by atoms with Crippen LogP contribution in [-0.4, -0.2) is 27.1 Å². The van der Waals surface area contributed by atoms with Crippen LogP contribution in [0.25, 0.3) is 0 Å². The van der Waals surface area contributed by atoms with E-state index >= 15 is 0 Å². The second kappa shape index (κ2) is 9.43. The van der Waals surface area contributed by atoms with Crippen LogP contribution >= 0.6 is 11.9 Å². The highest BCUT2D eigenvalue weighted by Crippen LogP contribution is 2.31. The fraction of sp³-hybridized carbons (Fsp3) is 0.824. The summed E-state index contributed by atoms with van der Waals surface area (Å²) < 4.78 is 13.9. The summed E-state index contributed by atoms with van der Waals surface area (Å²) in [6, 6.07) is -0.296. The summed E-state index contributed by atoms with van der Waals surface area (Å²) in [5.41, 5.74) is -0.537. The number of nitrogens with one attached hydrogen (secondary N) is 2. The quantitative estimate of drug-likeness (QED) is 0.473. The van der Waals surface area contributed by atoms with Gasteiger partial charge in [-0.2, -0.15) is 4.98 Å². The molecule has 7 nitrogen and oxygen atoms in total. The molecule has 0 aliphatic heterocycles. The van der Waals surface area contributed by atoms with Crippen molar-refractivity contribution in [1.82, 2.24) is 20.2 Å². The lowest BCUT2D eigenvalue weighted by atomic mass is 10.1. The van der Waals surface area contributed by atoms with Crippen LogP contribution in [0.5, 0.6) is 0 Å². The first-order chi connectivity index (χ1) is 11.9. The molecular formula is C17H30N4O3S. The van der Waals surface area contributed by atoms with Gasteiger partial charge < -0.3 is 14.6 Å². The van der Waals surface area contributed by atoms with Gasteiger partial charge in [0.15, 0.2) is 5.82 Å². The van der Waals surface area contributed by atoms with Gasteiger partial charge in [0.2, 0.25) is 5.89 Å². The zero-order valence-electron chi connectivity index (χ0n) is 15.6. The van der Waals surface area contributed by atoms with E-state index in [1.54, 1.807) is 11.9 Å². The first-order valence-corrected chi connectivity index (χ1v) is 9.96. The highest BCUT2D eigenvalue weighted by molar-refractivity contribution is 7.98. The van der Waals surface area contributed by atoms with Crippen LogP contribution in [0, 0.1) is 0 Å². The molecule has 1 saturated carbocycles. The Bertz CT molecular complexity index is 540. The molecule has 0 spiro atoms. The van der Waals surface area contributed by atoms with Gasteiger partial charge in [0, 0.05) is 5.25 Å². The molecule has 0 radical (unpaired) electrons. The van der Waals surface area contributed by atoms with Crippen molar-refractivity contribution in [3.05, 3.63) is 11.7 Å². The number of carbonyl (C=O) groups excluding carboxylic acids is 1. The maximum Gasteiger partial charge on any atom is 0.408 e. The van der Waals surface area contributed by atoms with Crippen LogP contribution < -0.4 is 10.0 Å². The molecule has 1 atom stereocenters. The van der Waals surface area contributed by atoms with Crippen LogP contribution in [-0.2, 0) is 11.3 Å². The van der Waals surface area contributed by atoms with Crippen molar-refractivity contribution in [1.29, 1.82) is 0 Å². The van der Waals surface area contributed by atoms with E-state index in [4.69, 9.17) is 9.26 Å². The van der Waals surface area contributed by atoms with Gasteiger partial charge in [0.05, 0.1) is 12.6 Å². The minimum Gasteiger partial charge on any atom is -0.444 e. The molecule has 1 aliphatic carbocycles. The molecule has 1 heterocycles. The topological polar surface area (TPSA) is 89.3 Å². The Kier molecular flexibility index (Phi) is 7.56. The summed E-state index contributed by atoms with van der Waals surface area (Å²) >= 11 is 1.72. The molecule has 2 N–H and O–H groups in total. The number of ether oxygens (including phenoxy) is 1. The predicted octanol–water partition coefficient (Wildman–Crippen LogP) is 4.12. The van der Waals surface area contributed by atoms with Crippen molar-refractivity contribution in [3.8, 4) is 0 Å². The van der Waals surface area contributed by atoms with E-state index in [-0.39, 0.29) is 6.04 Å². The van der Waals surface area contributed by atoms with E-state index in [0.717, 1.165) is 30.9 Å². The lowest BCUT2D eigenvalue weighted by molar-refractivity contribution is 0.0497. The van der Waals surface area contributed by atoms with Crippen molar-refractivity contribution < 1.29 is 14.1 Å². The lowest BCUT2D eigenvalue weighted by Gasteiger charge is -2.22. The smallest absolute Gasteiger partial charge is 0.408 e. The maximum absolute atomic E-state index is 12.1. The van der Waals surface area contributed by atoms with Gasteiger partial charge in [-0.05, 0) is 40.0 Å². The van der Waals surface area contributed by atoms with Gasteiger partial charge >= 0.3 is 6.09 Å². The fourth-order valence-electron chi connectivity index (χ4n) is 2.20. The van der Waals surface area contributed by atoms with Crippen molar-refractivity contribution in [3.63, 3.8) is 0 Å². The molecular weight excluding hydrogens is 340 g/mol. The molecule has 1 aromatic rings. The zero-order chi connectivity index (χ0) is 18.3. The van der Waals surface area contributed by atoms with E-state index in [0.29, 0.717) is 18.3 Å². The molecule has 8 heteroatoms. The fourth-order valence-corrected chi connectivity index (χ4v) is 3.02. The van der Waals surface area contributed by atoms with E-state index in [2.05, 4.69) is 27.1 Å². The van der Waals surface area contributed by atoms with Gasteiger partial charge in [-0.3, -0.25) is 4.72 Å². The van der Waals surface area contributed by atoms with Crippen molar-refractivity contribution in [2.75, 3.05) is 0 Å². The minimum atomic E-state index is -0.537. The Morgan fingerprint density at radius 2 is 2.16 bits per heavy atom. The van der Waals surface area contributed by atoms with Crippen molar-refractivity contribution in [2.45, 2.75) is 89.7 Å². The lowest BCUT2D eigenvalue weighted by Crippen LogP contribution is -2.35. The molecule has 1 unspecified atom stereocenters. The number of unbranched alkanes of at least 4 members (excludes halogenated alkanes) is 2. The third kappa shape index (κ3) is 8.09. The number of carbonyl (C=O) groups is 1. The average Bonchev–Trinajstić information content (AvgIpc) is 3.21. The summed E-state index contributed by atoms with van der Waals surface area (Å²) in [7, 11) is 0. The van der Waals surface area contributed by atoms with Crippen LogP contribution in [0.3, 0.4) is 0 Å². The summed E-state index contributed by atoms with van der Waals surface area (Å²) in [5.74, 6) is 1.05. The van der Waals surface area contributed by atoms with E-state index in [1.807, 2.05) is 20.8 Å². The number of hydrogen-bond donors (Lipinski definition) is 2. The molecule has 2 rings (SSSR count). The van der Waals surface area contributed by atoms with E-state index in [1.165, 1.54) is 12.8 Å². The maximum atomic E-state index is 12.1. The van der Waals surface area contributed by atoms with Gasteiger partial charge in [-0.15, -0.1) is 0 Å². The second-order valence-electron chi connectivity index (χ2n) is 7.38. The SMILES string of the molecule is CCCCCC(NC(=O)OC(C)(C)C)c1noc(CNSC2CC2)n1. The van der Waals surface area contributed by atoms with E-state index in [9.17, 15) is 4.79 Å². The number of aromatic nitrogens is 2. The van der Waals surface area contributed by atoms with Gasteiger partial charge in [-0.25, -0.2) is 4.79 Å². The molecule has 142 valence electrons. The van der Waals surface area contributed by atoms with E-state index < -0.39 is 11.7 Å². The molecule has 0 bridgehead atoms. The van der Waals surface area contributed by atoms with Gasteiger partial charge in [0.25, 0.3) is 0 Å². The largest absolute Gasteiger partial charge is 0.444 e. The van der Waals surface area contributed by atoms with Crippen LogP contribution in [0.1, 0.15) is 84.0 Å². The molecule has 1 aromatic heterocycles. The summed E-state index contributed by atoms with van der Waals surface area (Å²) in [4.78, 5) is 16.5. The highest BCUT2D eigenvalue weighted by atomic mass is 32.2.